The summed E-state index contributed by atoms with van der Waals surface area (Å²) in [4.78, 5) is 22.7. The molecule has 124 valence electrons. The maximum absolute atomic E-state index is 11.3. The van der Waals surface area contributed by atoms with E-state index in [1.54, 1.807) is 26.0 Å². The zero-order chi connectivity index (χ0) is 17.4. The molecule has 0 aliphatic carbocycles. The van der Waals surface area contributed by atoms with Gasteiger partial charge in [-0.15, -0.1) is 0 Å². The molecular formula is C20H20O4. The predicted molar refractivity (Wildman–Crippen MR) is 95.3 cm³/mol. The number of carbonyl (C=O) groups is 2. The van der Waals surface area contributed by atoms with Gasteiger partial charge in [0.2, 0.25) is 0 Å². The van der Waals surface area contributed by atoms with Crippen molar-refractivity contribution in [3.8, 4) is 0 Å². The third kappa shape index (κ3) is 5.09. The molecule has 0 aliphatic rings. The number of hydrogen-bond acceptors (Lipinski definition) is 4. The second-order valence-electron chi connectivity index (χ2n) is 5.04. The van der Waals surface area contributed by atoms with E-state index in [4.69, 9.17) is 9.47 Å². The lowest BCUT2D eigenvalue weighted by Gasteiger charge is -2.02. The highest BCUT2D eigenvalue weighted by molar-refractivity contribution is 5.91. The Balaban J connectivity index is 2.16. The van der Waals surface area contributed by atoms with Crippen LogP contribution in [-0.4, -0.2) is 25.2 Å². The Bertz CT molecular complexity index is 720. The molecular weight excluding hydrogens is 304 g/mol. The van der Waals surface area contributed by atoms with Crippen molar-refractivity contribution in [3.05, 3.63) is 59.7 Å². The number of rotatable bonds is 6. The SMILES string of the molecule is CCOC(=O)C=Cc1ccc2cc(C=CC(=O)OCC)ccc2c1. The van der Waals surface area contributed by atoms with E-state index >= 15 is 0 Å². The smallest absolute Gasteiger partial charge is 0.330 e. The van der Waals surface area contributed by atoms with Crippen molar-refractivity contribution >= 4 is 34.9 Å². The molecule has 2 aromatic carbocycles. The van der Waals surface area contributed by atoms with Gasteiger partial charge in [0.05, 0.1) is 13.2 Å². The summed E-state index contributed by atoms with van der Waals surface area (Å²) < 4.78 is 9.72. The van der Waals surface area contributed by atoms with Crippen molar-refractivity contribution < 1.29 is 19.1 Å². The van der Waals surface area contributed by atoms with E-state index in [-0.39, 0.29) is 11.9 Å². The van der Waals surface area contributed by atoms with Gasteiger partial charge < -0.3 is 9.47 Å². The standard InChI is InChI=1S/C20H20O4/c1-3-23-19(21)11-7-15-5-9-18-14-16(6-10-17(18)13-15)8-12-20(22)24-4-2/h5-14H,3-4H2,1-2H3. The average molecular weight is 324 g/mol. The molecule has 0 saturated heterocycles. The van der Waals surface area contributed by atoms with Crippen molar-refractivity contribution in [2.75, 3.05) is 13.2 Å². The van der Waals surface area contributed by atoms with E-state index in [1.807, 2.05) is 36.4 Å². The highest BCUT2D eigenvalue weighted by atomic mass is 16.5. The molecule has 0 atom stereocenters. The molecule has 0 amide bonds. The lowest BCUT2D eigenvalue weighted by atomic mass is 10.0. The van der Waals surface area contributed by atoms with Crippen LogP contribution in [0.25, 0.3) is 22.9 Å². The molecule has 0 heterocycles. The number of esters is 2. The molecule has 4 heteroatoms. The molecule has 24 heavy (non-hydrogen) atoms. The fourth-order valence-electron chi connectivity index (χ4n) is 2.20. The Morgan fingerprint density at radius 1 is 0.792 bits per heavy atom. The highest BCUT2D eigenvalue weighted by Gasteiger charge is 1.99. The molecule has 0 fully saturated rings. The van der Waals surface area contributed by atoms with E-state index < -0.39 is 0 Å². The zero-order valence-corrected chi connectivity index (χ0v) is 13.8. The number of ether oxygens (including phenoxy) is 2. The maximum Gasteiger partial charge on any atom is 0.330 e. The Kier molecular flexibility index (Phi) is 6.32. The summed E-state index contributed by atoms with van der Waals surface area (Å²) in [6, 6.07) is 11.8. The van der Waals surface area contributed by atoms with Crippen LogP contribution in [0, 0.1) is 0 Å². The van der Waals surface area contributed by atoms with E-state index in [9.17, 15) is 9.59 Å². The molecule has 0 spiro atoms. The van der Waals surface area contributed by atoms with Crippen LogP contribution in [0.5, 0.6) is 0 Å². The summed E-state index contributed by atoms with van der Waals surface area (Å²) >= 11 is 0. The Morgan fingerprint density at radius 3 is 1.58 bits per heavy atom. The molecule has 4 nitrogen and oxygen atoms in total. The third-order valence-corrected chi connectivity index (χ3v) is 3.29. The summed E-state index contributed by atoms with van der Waals surface area (Å²) in [5.41, 5.74) is 1.84. The van der Waals surface area contributed by atoms with Gasteiger partial charge in [0.15, 0.2) is 0 Å². The van der Waals surface area contributed by atoms with Gasteiger partial charge in [-0.3, -0.25) is 0 Å². The second-order valence-corrected chi connectivity index (χ2v) is 5.04. The first-order valence-electron chi connectivity index (χ1n) is 7.86. The Labute approximate surface area is 141 Å². The first-order valence-corrected chi connectivity index (χ1v) is 7.86. The summed E-state index contributed by atoms with van der Waals surface area (Å²) in [7, 11) is 0. The van der Waals surface area contributed by atoms with Gasteiger partial charge in [0, 0.05) is 12.2 Å². The largest absolute Gasteiger partial charge is 0.463 e. The van der Waals surface area contributed by atoms with Gasteiger partial charge in [0.25, 0.3) is 0 Å². The van der Waals surface area contributed by atoms with Gasteiger partial charge in [-0.1, -0.05) is 24.3 Å². The van der Waals surface area contributed by atoms with Crippen molar-refractivity contribution in [2.45, 2.75) is 13.8 Å². The van der Waals surface area contributed by atoms with Crippen molar-refractivity contribution in [2.24, 2.45) is 0 Å². The minimum atomic E-state index is -0.350. The lowest BCUT2D eigenvalue weighted by molar-refractivity contribution is -0.138. The Morgan fingerprint density at radius 2 is 1.21 bits per heavy atom. The van der Waals surface area contributed by atoms with Gasteiger partial charge in [0.1, 0.15) is 0 Å². The van der Waals surface area contributed by atoms with Crippen LogP contribution in [-0.2, 0) is 19.1 Å². The van der Waals surface area contributed by atoms with Crippen molar-refractivity contribution in [1.29, 1.82) is 0 Å². The number of fused-ring (bicyclic) bond motifs is 1. The molecule has 0 aromatic heterocycles. The Hall–Kier alpha value is -2.88. The number of carbonyl (C=O) groups excluding carboxylic acids is 2. The van der Waals surface area contributed by atoms with Gasteiger partial charge >= 0.3 is 11.9 Å². The third-order valence-electron chi connectivity index (χ3n) is 3.29. The fourth-order valence-corrected chi connectivity index (χ4v) is 2.20. The van der Waals surface area contributed by atoms with Crippen LogP contribution in [0.3, 0.4) is 0 Å². The van der Waals surface area contributed by atoms with E-state index in [2.05, 4.69) is 0 Å². The summed E-state index contributed by atoms with van der Waals surface area (Å²) in [6.45, 7) is 4.28. The minimum absolute atomic E-state index is 0.350. The maximum atomic E-state index is 11.3. The molecule has 2 rings (SSSR count). The normalized spacial score (nSPS) is 11.2. The van der Waals surface area contributed by atoms with Gasteiger partial charge in [-0.2, -0.15) is 0 Å². The van der Waals surface area contributed by atoms with Gasteiger partial charge in [-0.25, -0.2) is 9.59 Å². The monoisotopic (exact) mass is 324 g/mol. The molecule has 0 N–H and O–H groups in total. The molecule has 0 aliphatic heterocycles. The first kappa shape index (κ1) is 17.5. The number of benzene rings is 2. The van der Waals surface area contributed by atoms with Crippen LogP contribution in [0.2, 0.25) is 0 Å². The molecule has 2 aromatic rings. The second kappa shape index (κ2) is 8.67. The average Bonchev–Trinajstić information content (AvgIpc) is 2.58. The quantitative estimate of drug-likeness (QED) is 0.595. The topological polar surface area (TPSA) is 52.6 Å². The van der Waals surface area contributed by atoms with E-state index in [0.717, 1.165) is 21.9 Å². The van der Waals surface area contributed by atoms with Crippen molar-refractivity contribution in [1.82, 2.24) is 0 Å². The summed E-state index contributed by atoms with van der Waals surface area (Å²) in [5.74, 6) is -0.700. The summed E-state index contributed by atoms with van der Waals surface area (Å²) in [5, 5.41) is 2.10. The number of hydrogen-bond donors (Lipinski definition) is 0. The van der Waals surface area contributed by atoms with Gasteiger partial charge in [-0.05, 0) is 60.0 Å². The predicted octanol–water partition coefficient (Wildman–Crippen LogP) is 3.99. The molecule has 0 radical (unpaired) electrons. The lowest BCUT2D eigenvalue weighted by Crippen LogP contribution is -1.98. The minimum Gasteiger partial charge on any atom is -0.463 e. The van der Waals surface area contributed by atoms with Crippen LogP contribution in [0.1, 0.15) is 25.0 Å². The summed E-state index contributed by atoms with van der Waals surface area (Å²) in [6.07, 6.45) is 6.29. The first-order chi connectivity index (χ1) is 11.6. The molecule has 0 bridgehead atoms. The molecule has 0 unspecified atom stereocenters. The molecule has 0 saturated carbocycles. The van der Waals surface area contributed by atoms with Crippen LogP contribution >= 0.6 is 0 Å². The van der Waals surface area contributed by atoms with Crippen LogP contribution in [0.15, 0.2) is 48.6 Å². The van der Waals surface area contributed by atoms with E-state index in [0.29, 0.717) is 13.2 Å². The van der Waals surface area contributed by atoms with E-state index in [1.165, 1.54) is 12.2 Å². The zero-order valence-electron chi connectivity index (χ0n) is 13.8. The highest BCUT2D eigenvalue weighted by Crippen LogP contribution is 2.19. The van der Waals surface area contributed by atoms with Crippen LogP contribution in [0.4, 0.5) is 0 Å². The van der Waals surface area contributed by atoms with Crippen molar-refractivity contribution in [3.63, 3.8) is 0 Å². The fraction of sp³-hybridized carbons (Fsp3) is 0.200. The van der Waals surface area contributed by atoms with Crippen LogP contribution < -0.4 is 0 Å².